The first kappa shape index (κ1) is 19.9. The number of aliphatic hydroxyl groups is 1. The Kier molecular flexibility index (Phi) is 4.36. The number of benzene rings is 2. The first-order chi connectivity index (χ1) is 14.2. The van der Waals surface area contributed by atoms with Gasteiger partial charge in [0.05, 0.1) is 29.4 Å². The van der Waals surface area contributed by atoms with Crippen molar-refractivity contribution < 1.29 is 39.5 Å². The number of methoxy groups -OCH3 is 1. The van der Waals surface area contributed by atoms with Crippen LogP contribution < -0.4 is 0 Å². The molecule has 0 heterocycles. The van der Waals surface area contributed by atoms with E-state index >= 15 is 0 Å². The summed E-state index contributed by atoms with van der Waals surface area (Å²) in [6.07, 6.45) is 0.550. The molecule has 0 saturated heterocycles. The van der Waals surface area contributed by atoms with Crippen LogP contribution in [0.15, 0.2) is 18.2 Å². The third-order valence-electron chi connectivity index (χ3n) is 6.23. The number of ether oxygens (including phenoxy) is 1. The van der Waals surface area contributed by atoms with Crippen LogP contribution in [-0.4, -0.2) is 50.7 Å². The van der Waals surface area contributed by atoms with Crippen molar-refractivity contribution in [3.63, 3.8) is 0 Å². The molecule has 8 heteroatoms. The summed E-state index contributed by atoms with van der Waals surface area (Å²) in [4.78, 5) is 38.7. The van der Waals surface area contributed by atoms with Crippen LogP contribution in [0.25, 0.3) is 0 Å². The molecule has 0 bridgehead atoms. The van der Waals surface area contributed by atoms with E-state index in [0.717, 1.165) is 12.1 Å². The van der Waals surface area contributed by atoms with Crippen molar-refractivity contribution >= 4 is 17.5 Å². The molecule has 0 amide bonds. The lowest BCUT2D eigenvalue weighted by Crippen LogP contribution is -2.44. The van der Waals surface area contributed by atoms with E-state index in [0.29, 0.717) is 0 Å². The Balaban J connectivity index is 2.03. The molecule has 0 radical (unpaired) electrons. The van der Waals surface area contributed by atoms with Gasteiger partial charge in [0.15, 0.2) is 5.78 Å². The highest BCUT2D eigenvalue weighted by atomic mass is 16.5. The summed E-state index contributed by atoms with van der Waals surface area (Å²) in [6, 6.07) is 3.49. The lowest BCUT2D eigenvalue weighted by atomic mass is 9.68. The van der Waals surface area contributed by atoms with Crippen molar-refractivity contribution in [2.24, 2.45) is 0 Å². The summed E-state index contributed by atoms with van der Waals surface area (Å²) in [5.74, 6) is -4.92. The second-order valence-electron chi connectivity index (χ2n) is 7.64. The van der Waals surface area contributed by atoms with Crippen molar-refractivity contribution in [1.82, 2.24) is 0 Å². The Hall–Kier alpha value is -3.39. The molecule has 0 saturated carbocycles. The summed E-state index contributed by atoms with van der Waals surface area (Å²) in [7, 11) is 1.18. The van der Waals surface area contributed by atoms with E-state index < -0.39 is 46.3 Å². The topological polar surface area (TPSA) is 141 Å². The van der Waals surface area contributed by atoms with Gasteiger partial charge in [0.1, 0.15) is 23.2 Å². The number of carbonyl (C=O) groups excluding carboxylic acids is 3. The quantitative estimate of drug-likeness (QED) is 0.370. The standard InChI is InChI=1S/C22H20O8/c1-3-22(29)7-6-9-10(17(22)21(28)30-2)8-11-14(18(9)25)20(27)16-13(24)5-4-12(23)15(16)19(11)26/h4-5,8,17,23-25,29H,3,6-7H2,1-2H3/t17?,22-/m0/s1. The van der Waals surface area contributed by atoms with Gasteiger partial charge in [0, 0.05) is 5.56 Å². The molecule has 4 N–H and O–H groups in total. The van der Waals surface area contributed by atoms with Crippen molar-refractivity contribution in [1.29, 1.82) is 0 Å². The number of phenols is 3. The minimum atomic E-state index is -1.44. The predicted molar refractivity (Wildman–Crippen MR) is 103 cm³/mol. The van der Waals surface area contributed by atoms with Crippen molar-refractivity contribution in [3.05, 3.63) is 51.6 Å². The molecule has 0 aliphatic heterocycles. The summed E-state index contributed by atoms with van der Waals surface area (Å²) in [6.45, 7) is 1.71. The first-order valence-corrected chi connectivity index (χ1v) is 9.49. The Bertz CT molecular complexity index is 1130. The highest BCUT2D eigenvalue weighted by Gasteiger charge is 2.48. The molecule has 2 aliphatic carbocycles. The van der Waals surface area contributed by atoms with Gasteiger partial charge in [-0.15, -0.1) is 0 Å². The average molecular weight is 412 g/mol. The third kappa shape index (κ3) is 2.46. The monoisotopic (exact) mass is 412 g/mol. The molecular formula is C22H20O8. The Labute approximate surface area is 171 Å². The molecule has 4 rings (SSSR count). The van der Waals surface area contributed by atoms with Crippen molar-refractivity contribution in [2.75, 3.05) is 7.11 Å². The van der Waals surface area contributed by atoms with Crippen LogP contribution in [0.4, 0.5) is 0 Å². The highest BCUT2D eigenvalue weighted by Crippen LogP contribution is 2.49. The number of esters is 1. The lowest BCUT2D eigenvalue weighted by molar-refractivity contribution is -0.151. The molecule has 2 atom stereocenters. The predicted octanol–water partition coefficient (Wildman–Crippen LogP) is 1.92. The number of hydrogen-bond donors (Lipinski definition) is 4. The fourth-order valence-electron chi connectivity index (χ4n) is 4.58. The van der Waals surface area contributed by atoms with E-state index in [1.165, 1.54) is 13.2 Å². The maximum absolute atomic E-state index is 13.1. The molecule has 2 aromatic rings. The minimum Gasteiger partial charge on any atom is -0.507 e. The molecule has 0 fully saturated rings. The molecule has 30 heavy (non-hydrogen) atoms. The molecule has 0 spiro atoms. The summed E-state index contributed by atoms with van der Waals surface area (Å²) in [5.41, 5.74) is -2.22. The molecular weight excluding hydrogens is 392 g/mol. The van der Waals surface area contributed by atoms with E-state index in [1.807, 2.05) is 0 Å². The van der Waals surface area contributed by atoms with E-state index in [4.69, 9.17) is 4.74 Å². The SMILES string of the molecule is CC[C@]1(O)CCc2c(cc3c(c2O)C(=O)c2c(O)ccc(O)c2C3=O)C1C(=O)OC. The van der Waals surface area contributed by atoms with Gasteiger partial charge in [-0.25, -0.2) is 0 Å². The molecule has 8 nitrogen and oxygen atoms in total. The van der Waals surface area contributed by atoms with Gasteiger partial charge in [0.2, 0.25) is 5.78 Å². The van der Waals surface area contributed by atoms with E-state index in [2.05, 4.69) is 0 Å². The number of phenolic OH excluding ortho intramolecular Hbond substituents is 3. The van der Waals surface area contributed by atoms with Gasteiger partial charge in [-0.1, -0.05) is 6.92 Å². The van der Waals surface area contributed by atoms with Crippen LogP contribution in [0.2, 0.25) is 0 Å². The zero-order chi connectivity index (χ0) is 22.0. The molecule has 1 unspecified atom stereocenters. The Morgan fingerprint density at radius 3 is 2.27 bits per heavy atom. The summed E-state index contributed by atoms with van der Waals surface area (Å²) < 4.78 is 4.86. The normalized spacial score (nSPS) is 22.2. The number of ketones is 2. The van der Waals surface area contributed by atoms with Crippen molar-refractivity contribution in [3.8, 4) is 17.2 Å². The number of rotatable bonds is 2. The average Bonchev–Trinajstić information content (AvgIpc) is 2.72. The number of aromatic hydroxyl groups is 3. The lowest BCUT2D eigenvalue weighted by Gasteiger charge is -2.40. The van der Waals surface area contributed by atoms with Crippen LogP contribution in [0.3, 0.4) is 0 Å². The van der Waals surface area contributed by atoms with E-state index in [-0.39, 0.29) is 52.6 Å². The number of carbonyl (C=O) groups is 3. The van der Waals surface area contributed by atoms with Crippen LogP contribution in [0.5, 0.6) is 17.2 Å². The maximum Gasteiger partial charge on any atom is 0.316 e. The van der Waals surface area contributed by atoms with Crippen LogP contribution in [0.1, 0.15) is 68.7 Å². The first-order valence-electron chi connectivity index (χ1n) is 9.49. The second kappa shape index (κ2) is 6.56. The van der Waals surface area contributed by atoms with Gasteiger partial charge in [-0.05, 0) is 48.6 Å². The zero-order valence-electron chi connectivity index (χ0n) is 16.4. The second-order valence-corrected chi connectivity index (χ2v) is 7.64. The van der Waals surface area contributed by atoms with Crippen LogP contribution in [-0.2, 0) is 16.0 Å². The Morgan fingerprint density at radius 1 is 1.10 bits per heavy atom. The van der Waals surface area contributed by atoms with Crippen LogP contribution >= 0.6 is 0 Å². The van der Waals surface area contributed by atoms with Gasteiger partial charge in [-0.3, -0.25) is 14.4 Å². The molecule has 156 valence electrons. The zero-order valence-corrected chi connectivity index (χ0v) is 16.4. The van der Waals surface area contributed by atoms with E-state index in [9.17, 15) is 34.8 Å². The third-order valence-corrected chi connectivity index (χ3v) is 6.23. The minimum absolute atomic E-state index is 0.146. The largest absolute Gasteiger partial charge is 0.507 e. The number of hydrogen-bond acceptors (Lipinski definition) is 8. The molecule has 2 aliphatic rings. The highest BCUT2D eigenvalue weighted by molar-refractivity contribution is 6.31. The fourth-order valence-corrected chi connectivity index (χ4v) is 4.58. The molecule has 0 aromatic heterocycles. The van der Waals surface area contributed by atoms with E-state index in [1.54, 1.807) is 6.92 Å². The Morgan fingerprint density at radius 2 is 1.70 bits per heavy atom. The van der Waals surface area contributed by atoms with Crippen LogP contribution in [0, 0.1) is 0 Å². The van der Waals surface area contributed by atoms with Crippen molar-refractivity contribution in [2.45, 2.75) is 37.7 Å². The van der Waals surface area contributed by atoms with Gasteiger partial charge >= 0.3 is 5.97 Å². The number of fused-ring (bicyclic) bond motifs is 3. The fraction of sp³-hybridized carbons (Fsp3) is 0.318. The molecule has 2 aromatic carbocycles. The van der Waals surface area contributed by atoms with Gasteiger partial charge < -0.3 is 25.2 Å². The van der Waals surface area contributed by atoms with Gasteiger partial charge in [0.25, 0.3) is 0 Å². The summed E-state index contributed by atoms with van der Waals surface area (Å²) in [5, 5.41) is 42.2. The summed E-state index contributed by atoms with van der Waals surface area (Å²) >= 11 is 0. The maximum atomic E-state index is 13.1. The smallest absolute Gasteiger partial charge is 0.316 e. The van der Waals surface area contributed by atoms with Gasteiger partial charge in [-0.2, -0.15) is 0 Å².